The molecule has 0 spiro atoms. The largest absolute Gasteiger partial charge is 0.475 e. The minimum atomic E-state index is -4.93. The smallest absolute Gasteiger partial charge is 0.467 e. The third-order valence-electron chi connectivity index (χ3n) is 7.15. The minimum absolute atomic E-state index is 0.0952. The highest BCUT2D eigenvalue weighted by Crippen LogP contribution is 2.50. The molecule has 1 aromatic carbocycles. The SMILES string of the molecule is COC(=O)COP(=O)(OCCC#N)OC[C@H]1O[C@@H](n2cc(C#CCCCCCCNC(=O)C(F)(F)F)c(=O)[nH]c2=O)C[C@@H]1OC(=O)c1ccccc1. The molecule has 1 fully saturated rings. The third-order valence-corrected chi connectivity index (χ3v) is 8.56. The molecule has 1 aromatic heterocycles. The molecule has 1 amide bonds. The van der Waals surface area contributed by atoms with E-state index in [1.165, 1.54) is 12.1 Å². The topological polar surface area (TPSA) is 214 Å². The number of hydrogen-bond acceptors (Lipinski definition) is 13. The van der Waals surface area contributed by atoms with Crippen molar-refractivity contribution in [3.05, 3.63) is 68.5 Å². The van der Waals surface area contributed by atoms with Gasteiger partial charge in [0, 0.05) is 25.6 Å². The first kappa shape index (κ1) is 41.6. The lowest BCUT2D eigenvalue weighted by atomic mass is 10.1. The number of carbonyl (C=O) groups is 3. The molecule has 2 N–H and O–H groups in total. The normalized spacial score (nSPS) is 17.9. The Morgan fingerprint density at radius 1 is 1.08 bits per heavy atom. The Morgan fingerprint density at radius 3 is 2.50 bits per heavy atom. The molecule has 0 saturated carbocycles. The van der Waals surface area contributed by atoms with E-state index in [1.54, 1.807) is 29.6 Å². The molecule has 52 heavy (non-hydrogen) atoms. The number of halogens is 3. The van der Waals surface area contributed by atoms with E-state index in [0.29, 0.717) is 32.1 Å². The molecule has 1 aliphatic rings. The van der Waals surface area contributed by atoms with Crippen LogP contribution in [-0.2, 0) is 41.9 Å². The number of phosphoric acid groups is 1. The van der Waals surface area contributed by atoms with Crippen molar-refractivity contribution in [2.24, 2.45) is 0 Å². The Kier molecular flexibility index (Phi) is 16.3. The van der Waals surface area contributed by atoms with Crippen LogP contribution in [0, 0.1) is 23.2 Å². The standard InChI is InChI=1S/C32H36F3N4O12P/c1-46-27(40)21-49-52(45,47-17-11-15-36)48-20-25-24(51-29(42)22-12-8-6-9-13-22)18-26(50-25)39-19-23(28(41)38-31(39)44)14-7-4-2-3-5-10-16-37-30(43)32(33,34)35/h6,8-9,12-13,19,24-26H,2-5,10-11,16-18,20-21H2,1H3,(H,37,43)(H,38,41,44)/t24-,25+,26+,52?/m0/s1. The number of rotatable bonds is 18. The number of nitrogens with one attached hydrogen (secondary N) is 2. The van der Waals surface area contributed by atoms with Gasteiger partial charge in [-0.2, -0.15) is 18.4 Å². The summed E-state index contributed by atoms with van der Waals surface area (Å²) in [5, 5.41) is 10.6. The molecule has 20 heteroatoms. The molecule has 2 heterocycles. The second-order valence-electron chi connectivity index (χ2n) is 10.9. The van der Waals surface area contributed by atoms with E-state index in [0.717, 1.165) is 17.9 Å². The molecule has 1 saturated heterocycles. The van der Waals surface area contributed by atoms with E-state index >= 15 is 0 Å². The molecule has 16 nitrogen and oxygen atoms in total. The molecule has 0 aliphatic carbocycles. The lowest BCUT2D eigenvalue weighted by Crippen LogP contribution is -2.37. The summed E-state index contributed by atoms with van der Waals surface area (Å²) in [5.41, 5.74) is -1.55. The van der Waals surface area contributed by atoms with Gasteiger partial charge in [0.25, 0.3) is 5.56 Å². The van der Waals surface area contributed by atoms with Gasteiger partial charge in [-0.15, -0.1) is 0 Å². The van der Waals surface area contributed by atoms with E-state index in [2.05, 4.69) is 21.6 Å². The number of methoxy groups -OCH3 is 1. The molecule has 282 valence electrons. The maximum absolute atomic E-state index is 13.3. The van der Waals surface area contributed by atoms with Crippen molar-refractivity contribution in [2.75, 3.05) is 33.5 Å². The summed E-state index contributed by atoms with van der Waals surface area (Å²) >= 11 is 0. The zero-order valence-corrected chi connectivity index (χ0v) is 28.7. The molecular weight excluding hydrogens is 720 g/mol. The van der Waals surface area contributed by atoms with Crippen LogP contribution in [0.15, 0.2) is 46.1 Å². The molecule has 0 radical (unpaired) electrons. The number of nitriles is 1. The number of phosphoric ester groups is 1. The number of esters is 2. The van der Waals surface area contributed by atoms with Crippen molar-refractivity contribution in [2.45, 2.75) is 69.6 Å². The van der Waals surface area contributed by atoms with Crippen LogP contribution in [0.4, 0.5) is 13.2 Å². The number of benzene rings is 1. The Balaban J connectivity index is 1.72. The highest BCUT2D eigenvalue weighted by molar-refractivity contribution is 7.48. The number of amides is 1. The number of hydrogen-bond donors (Lipinski definition) is 2. The first-order valence-electron chi connectivity index (χ1n) is 15.8. The predicted molar refractivity (Wildman–Crippen MR) is 172 cm³/mol. The van der Waals surface area contributed by atoms with Gasteiger partial charge in [0.2, 0.25) is 0 Å². The van der Waals surface area contributed by atoms with E-state index in [1.807, 2.05) is 0 Å². The van der Waals surface area contributed by atoms with Gasteiger partial charge in [0.05, 0.1) is 38.4 Å². The first-order valence-corrected chi connectivity index (χ1v) is 17.3. The fourth-order valence-electron chi connectivity index (χ4n) is 4.54. The zero-order valence-electron chi connectivity index (χ0n) is 27.8. The molecule has 1 aliphatic heterocycles. The summed E-state index contributed by atoms with van der Waals surface area (Å²) in [5.74, 6) is 1.85. The molecule has 3 rings (SSSR count). The number of aromatic nitrogens is 2. The fraction of sp³-hybridized carbons (Fsp3) is 0.500. The van der Waals surface area contributed by atoms with E-state index < -0.39 is 74.7 Å². The Morgan fingerprint density at radius 2 is 1.81 bits per heavy atom. The number of carbonyl (C=O) groups excluding carboxylic acids is 3. The van der Waals surface area contributed by atoms with E-state index in [-0.39, 0.29) is 37.1 Å². The number of H-pyrrole nitrogens is 1. The van der Waals surface area contributed by atoms with Gasteiger partial charge in [0.1, 0.15) is 24.0 Å². The number of nitrogens with zero attached hydrogens (tertiary/aromatic N) is 2. The average molecular weight is 757 g/mol. The van der Waals surface area contributed by atoms with E-state index in [4.69, 9.17) is 28.3 Å². The Hall–Kier alpha value is -4.78. The fourth-order valence-corrected chi connectivity index (χ4v) is 5.67. The maximum atomic E-state index is 13.3. The highest BCUT2D eigenvalue weighted by atomic mass is 31.2. The highest BCUT2D eigenvalue weighted by Gasteiger charge is 2.42. The van der Waals surface area contributed by atoms with Gasteiger partial charge in [-0.3, -0.25) is 32.7 Å². The van der Waals surface area contributed by atoms with Crippen LogP contribution in [0.5, 0.6) is 0 Å². The predicted octanol–water partition coefficient (Wildman–Crippen LogP) is 3.27. The van der Waals surface area contributed by atoms with Gasteiger partial charge in [-0.25, -0.2) is 18.9 Å². The van der Waals surface area contributed by atoms with Crippen molar-refractivity contribution < 1.29 is 59.9 Å². The summed E-state index contributed by atoms with van der Waals surface area (Å²) in [4.78, 5) is 63.0. The van der Waals surface area contributed by atoms with Crippen LogP contribution in [-0.4, -0.2) is 79.3 Å². The summed E-state index contributed by atoms with van der Waals surface area (Å²) < 4.78 is 82.7. The molecule has 4 atom stereocenters. The van der Waals surface area contributed by atoms with Crippen molar-refractivity contribution in [3.63, 3.8) is 0 Å². The van der Waals surface area contributed by atoms with Crippen molar-refractivity contribution in [1.82, 2.24) is 14.9 Å². The molecular formula is C32H36F3N4O12P. The van der Waals surface area contributed by atoms with Gasteiger partial charge < -0.3 is 19.5 Å². The van der Waals surface area contributed by atoms with Crippen molar-refractivity contribution >= 4 is 25.7 Å². The van der Waals surface area contributed by atoms with Crippen LogP contribution in [0.3, 0.4) is 0 Å². The summed E-state index contributed by atoms with van der Waals surface area (Å²) in [6, 6.07) is 9.73. The van der Waals surface area contributed by atoms with Crippen LogP contribution in [0.2, 0.25) is 0 Å². The second-order valence-corrected chi connectivity index (χ2v) is 12.6. The molecule has 1 unspecified atom stereocenters. The molecule has 2 aromatic rings. The minimum Gasteiger partial charge on any atom is -0.467 e. The van der Waals surface area contributed by atoms with Crippen LogP contribution >= 0.6 is 7.82 Å². The Bertz CT molecular complexity index is 1800. The molecule has 0 bridgehead atoms. The summed E-state index contributed by atoms with van der Waals surface area (Å²) in [7, 11) is -3.43. The van der Waals surface area contributed by atoms with Gasteiger partial charge >= 0.3 is 37.5 Å². The lowest BCUT2D eigenvalue weighted by Gasteiger charge is -2.22. The average Bonchev–Trinajstić information content (AvgIpc) is 3.51. The van der Waals surface area contributed by atoms with Gasteiger partial charge in [-0.05, 0) is 25.0 Å². The van der Waals surface area contributed by atoms with Gasteiger partial charge in [-0.1, -0.05) is 42.9 Å². The first-order chi connectivity index (χ1) is 24.8. The van der Waals surface area contributed by atoms with Crippen molar-refractivity contribution in [3.8, 4) is 17.9 Å². The number of aromatic amines is 1. The number of alkyl halides is 3. The van der Waals surface area contributed by atoms with Crippen molar-refractivity contribution in [1.29, 1.82) is 5.26 Å². The quantitative estimate of drug-likeness (QED) is 0.0968. The van der Waals surface area contributed by atoms with E-state index in [9.17, 15) is 41.7 Å². The maximum Gasteiger partial charge on any atom is 0.475 e. The van der Waals surface area contributed by atoms with Gasteiger partial charge in [0.15, 0.2) is 6.61 Å². The summed E-state index contributed by atoms with van der Waals surface area (Å²) in [6.07, 6.45) is -5.23. The second kappa shape index (κ2) is 20.3. The zero-order chi connectivity index (χ0) is 38.1. The van der Waals surface area contributed by atoms with Crippen LogP contribution < -0.4 is 16.6 Å². The number of ether oxygens (including phenoxy) is 3. The van der Waals surface area contributed by atoms with Crippen LogP contribution in [0.1, 0.15) is 67.1 Å². The number of unbranched alkanes of at least 4 members (excludes halogenated alkanes) is 4. The third kappa shape index (κ3) is 13.4. The van der Waals surface area contributed by atoms with Crippen LogP contribution in [0.25, 0.3) is 0 Å². The Labute approximate surface area is 295 Å². The monoisotopic (exact) mass is 756 g/mol. The summed E-state index contributed by atoms with van der Waals surface area (Å²) in [6.45, 7) is -1.92. The lowest BCUT2D eigenvalue weighted by molar-refractivity contribution is -0.173.